The van der Waals surface area contributed by atoms with E-state index in [9.17, 15) is 18.4 Å². The van der Waals surface area contributed by atoms with Crippen LogP contribution >= 0.6 is 0 Å². The summed E-state index contributed by atoms with van der Waals surface area (Å²) in [5, 5.41) is 0. The summed E-state index contributed by atoms with van der Waals surface area (Å²) < 4.78 is 32.5. The van der Waals surface area contributed by atoms with Gasteiger partial charge in [-0.25, -0.2) is 13.8 Å². The number of hydrogen-bond donors (Lipinski definition) is 1. The van der Waals surface area contributed by atoms with Crippen LogP contribution < -0.4 is 5.73 Å². The molecule has 1 fully saturated rings. The number of nitrogens with two attached hydrogens (primary N) is 1. The SMILES string of the molecule is CN1CCOCC1.NC(=O)c1cc(-c2ccc(F)cc2F)c2c(n1)CN(CC=O)CC2. The van der Waals surface area contributed by atoms with Crippen LogP contribution in [0.4, 0.5) is 8.78 Å². The Balaban J connectivity index is 0.000000330. The van der Waals surface area contributed by atoms with Gasteiger partial charge in [-0.2, -0.15) is 0 Å². The summed E-state index contributed by atoms with van der Waals surface area (Å²) in [7, 11) is 2.11. The smallest absolute Gasteiger partial charge is 0.267 e. The number of ether oxygens (including phenoxy) is 1. The van der Waals surface area contributed by atoms with E-state index in [2.05, 4.69) is 16.9 Å². The summed E-state index contributed by atoms with van der Waals surface area (Å²) in [5.41, 5.74) is 7.38. The summed E-state index contributed by atoms with van der Waals surface area (Å²) >= 11 is 0. The van der Waals surface area contributed by atoms with Gasteiger partial charge in [0, 0.05) is 37.8 Å². The number of benzene rings is 1. The fraction of sp³-hybridized carbons (Fsp3) is 0.409. The minimum Gasteiger partial charge on any atom is -0.379 e. The minimum absolute atomic E-state index is 0.0143. The molecule has 166 valence electrons. The molecular formula is C22H26F2N4O3. The highest BCUT2D eigenvalue weighted by molar-refractivity contribution is 5.92. The molecule has 4 rings (SSSR count). The van der Waals surface area contributed by atoms with Crippen molar-refractivity contribution in [1.29, 1.82) is 0 Å². The number of likely N-dealkylation sites (N-methyl/N-ethyl adjacent to an activating group) is 1. The van der Waals surface area contributed by atoms with Gasteiger partial charge < -0.3 is 20.2 Å². The molecule has 7 nitrogen and oxygen atoms in total. The number of hydrogen-bond acceptors (Lipinski definition) is 6. The number of primary amides is 1. The van der Waals surface area contributed by atoms with Crippen molar-refractivity contribution in [2.75, 3.05) is 46.4 Å². The average Bonchev–Trinajstić information content (AvgIpc) is 2.74. The molecule has 0 atom stereocenters. The molecule has 1 saturated heterocycles. The number of aldehydes is 1. The van der Waals surface area contributed by atoms with Gasteiger partial charge in [0.25, 0.3) is 5.91 Å². The molecule has 2 aliphatic heterocycles. The maximum Gasteiger partial charge on any atom is 0.267 e. The molecule has 0 radical (unpaired) electrons. The monoisotopic (exact) mass is 432 g/mol. The Morgan fingerprint density at radius 1 is 1.19 bits per heavy atom. The van der Waals surface area contributed by atoms with Gasteiger partial charge >= 0.3 is 0 Å². The Labute approximate surface area is 179 Å². The molecule has 1 aromatic carbocycles. The van der Waals surface area contributed by atoms with E-state index in [1.165, 1.54) is 12.1 Å². The molecule has 1 amide bonds. The van der Waals surface area contributed by atoms with E-state index in [1.54, 1.807) is 0 Å². The van der Waals surface area contributed by atoms with Gasteiger partial charge in [0.05, 0.1) is 25.5 Å². The van der Waals surface area contributed by atoms with Gasteiger partial charge in [0.1, 0.15) is 23.6 Å². The van der Waals surface area contributed by atoms with E-state index >= 15 is 0 Å². The molecule has 1 aromatic heterocycles. The van der Waals surface area contributed by atoms with E-state index in [1.807, 2.05) is 4.90 Å². The highest BCUT2D eigenvalue weighted by Crippen LogP contribution is 2.32. The zero-order valence-corrected chi connectivity index (χ0v) is 17.4. The van der Waals surface area contributed by atoms with Crippen molar-refractivity contribution in [3.05, 3.63) is 52.9 Å². The fourth-order valence-electron chi connectivity index (χ4n) is 3.59. The molecule has 2 N–H and O–H groups in total. The quantitative estimate of drug-likeness (QED) is 0.739. The third kappa shape index (κ3) is 5.90. The minimum atomic E-state index is -0.728. The average molecular weight is 432 g/mol. The second kappa shape index (κ2) is 10.5. The van der Waals surface area contributed by atoms with Crippen LogP contribution in [0, 0.1) is 11.6 Å². The number of pyridine rings is 1. The standard InChI is InChI=1S/C17H15F2N3O2.C5H11NO/c18-10-1-2-11(14(19)7-10)13-8-15(17(20)24)21-16-9-22(5-6-23)4-3-12(13)16;1-6-2-4-7-5-3-6/h1-2,6-8H,3-5,9H2,(H2,20,24);2-5H2,1H3. The van der Waals surface area contributed by atoms with Crippen LogP contribution in [0.1, 0.15) is 21.7 Å². The summed E-state index contributed by atoms with van der Waals surface area (Å²) in [5.74, 6) is -2.12. The number of rotatable bonds is 4. The molecule has 31 heavy (non-hydrogen) atoms. The first-order valence-corrected chi connectivity index (χ1v) is 10.1. The molecule has 0 spiro atoms. The van der Waals surface area contributed by atoms with E-state index in [4.69, 9.17) is 10.5 Å². The normalized spacial score (nSPS) is 16.7. The number of carbonyl (C=O) groups is 2. The first-order chi connectivity index (χ1) is 14.9. The Morgan fingerprint density at radius 2 is 1.94 bits per heavy atom. The van der Waals surface area contributed by atoms with Gasteiger partial charge in [-0.15, -0.1) is 0 Å². The molecule has 3 heterocycles. The highest BCUT2D eigenvalue weighted by Gasteiger charge is 2.24. The van der Waals surface area contributed by atoms with E-state index in [0.717, 1.165) is 50.3 Å². The predicted octanol–water partition coefficient (Wildman–Crippen LogP) is 1.63. The Morgan fingerprint density at radius 3 is 2.52 bits per heavy atom. The first-order valence-electron chi connectivity index (χ1n) is 10.1. The zero-order valence-electron chi connectivity index (χ0n) is 17.4. The number of fused-ring (bicyclic) bond motifs is 1. The van der Waals surface area contributed by atoms with Crippen molar-refractivity contribution in [1.82, 2.24) is 14.8 Å². The fourth-order valence-corrected chi connectivity index (χ4v) is 3.59. The van der Waals surface area contributed by atoms with Gasteiger partial charge in [-0.05, 0) is 42.8 Å². The van der Waals surface area contributed by atoms with Crippen molar-refractivity contribution in [2.24, 2.45) is 5.73 Å². The van der Waals surface area contributed by atoms with Crippen molar-refractivity contribution in [3.8, 4) is 11.1 Å². The van der Waals surface area contributed by atoms with Gasteiger partial charge in [-0.3, -0.25) is 9.69 Å². The molecule has 0 bridgehead atoms. The van der Waals surface area contributed by atoms with Crippen molar-refractivity contribution in [3.63, 3.8) is 0 Å². The van der Waals surface area contributed by atoms with Gasteiger partial charge in [-0.1, -0.05) is 0 Å². The van der Waals surface area contributed by atoms with E-state index < -0.39 is 17.5 Å². The zero-order chi connectivity index (χ0) is 22.4. The van der Waals surface area contributed by atoms with Gasteiger partial charge in [0.2, 0.25) is 0 Å². The number of amides is 1. The summed E-state index contributed by atoms with van der Waals surface area (Å²) in [6, 6.07) is 4.74. The maximum absolute atomic E-state index is 14.2. The van der Waals surface area contributed by atoms with Crippen LogP contribution in [0.25, 0.3) is 11.1 Å². The molecule has 0 saturated carbocycles. The van der Waals surface area contributed by atoms with Crippen LogP contribution in [0.2, 0.25) is 0 Å². The van der Waals surface area contributed by atoms with Crippen LogP contribution in [-0.2, 0) is 22.5 Å². The lowest BCUT2D eigenvalue weighted by atomic mass is 9.93. The number of halogens is 2. The van der Waals surface area contributed by atoms with Crippen LogP contribution in [0.3, 0.4) is 0 Å². The first kappa shape index (κ1) is 22.9. The second-order valence-electron chi connectivity index (χ2n) is 7.54. The largest absolute Gasteiger partial charge is 0.379 e. The van der Waals surface area contributed by atoms with E-state index in [0.29, 0.717) is 30.8 Å². The Bertz CT molecular complexity index is 949. The van der Waals surface area contributed by atoms with Crippen LogP contribution in [0.5, 0.6) is 0 Å². The molecule has 0 aliphatic carbocycles. The molecule has 0 unspecified atom stereocenters. The third-order valence-electron chi connectivity index (χ3n) is 5.30. The van der Waals surface area contributed by atoms with E-state index in [-0.39, 0.29) is 17.8 Å². The van der Waals surface area contributed by atoms with Gasteiger partial charge in [0.15, 0.2) is 0 Å². The Hall–Kier alpha value is -2.75. The second-order valence-corrected chi connectivity index (χ2v) is 7.54. The Kier molecular flexibility index (Phi) is 7.78. The number of nitrogens with zero attached hydrogens (tertiary/aromatic N) is 3. The number of carbonyl (C=O) groups excluding carboxylic acids is 2. The lowest BCUT2D eigenvalue weighted by molar-refractivity contribution is -0.109. The van der Waals surface area contributed by atoms with Crippen LogP contribution in [0.15, 0.2) is 24.3 Å². The molecule has 2 aromatic rings. The maximum atomic E-state index is 14.2. The van der Waals surface area contributed by atoms with Crippen LogP contribution in [-0.4, -0.2) is 73.4 Å². The lowest BCUT2D eigenvalue weighted by Crippen LogP contribution is -2.33. The number of aromatic nitrogens is 1. The van der Waals surface area contributed by atoms with Crippen molar-refractivity contribution >= 4 is 12.2 Å². The van der Waals surface area contributed by atoms with Crippen molar-refractivity contribution < 1.29 is 23.1 Å². The summed E-state index contributed by atoms with van der Waals surface area (Å²) in [4.78, 5) is 30.6. The summed E-state index contributed by atoms with van der Waals surface area (Å²) in [6.07, 6.45) is 1.34. The van der Waals surface area contributed by atoms with Crippen molar-refractivity contribution in [2.45, 2.75) is 13.0 Å². The summed E-state index contributed by atoms with van der Waals surface area (Å²) in [6.45, 7) is 5.25. The molecular weight excluding hydrogens is 406 g/mol. The topological polar surface area (TPSA) is 88.8 Å². The highest BCUT2D eigenvalue weighted by atomic mass is 19.1. The third-order valence-corrected chi connectivity index (χ3v) is 5.30. The lowest BCUT2D eigenvalue weighted by Gasteiger charge is -2.28. The molecule has 9 heteroatoms. The number of morpholine rings is 1. The predicted molar refractivity (Wildman–Crippen MR) is 111 cm³/mol. The molecule has 2 aliphatic rings.